The van der Waals surface area contributed by atoms with Gasteiger partial charge in [0.1, 0.15) is 17.3 Å². The van der Waals surface area contributed by atoms with Crippen molar-refractivity contribution in [3.63, 3.8) is 0 Å². The number of ketones is 1. The minimum Gasteiger partial charge on any atom is -0.384 e. The molecule has 1 unspecified atom stereocenters. The first kappa shape index (κ1) is 20.9. The Hall–Kier alpha value is -4.00. The second-order valence-electron chi connectivity index (χ2n) is 8.12. The third kappa shape index (κ3) is 2.62. The lowest BCUT2D eigenvalue weighted by molar-refractivity contribution is -0.124. The summed E-state index contributed by atoms with van der Waals surface area (Å²) in [4.78, 5) is 30.8. The van der Waals surface area contributed by atoms with Gasteiger partial charge in [-0.25, -0.2) is 0 Å². The second kappa shape index (κ2) is 7.55. The van der Waals surface area contributed by atoms with Crippen LogP contribution >= 0.6 is 11.6 Å². The Bertz CT molecular complexity index is 1380. The summed E-state index contributed by atoms with van der Waals surface area (Å²) in [5.74, 6) is 2.00. The van der Waals surface area contributed by atoms with Crippen LogP contribution < -0.4 is 15.5 Å². The molecule has 3 aliphatic rings. The molecule has 1 amide bonds. The summed E-state index contributed by atoms with van der Waals surface area (Å²) in [6, 6.07) is 16.4. The zero-order valence-electron chi connectivity index (χ0n) is 17.6. The SMILES string of the molecule is C#CCN1C(=O)C2(C(C#N)=C(N)N(c3ccccc3Cl)C3=C2C(=O)CCC3)c2ccccc21. The number of rotatable bonds is 2. The van der Waals surface area contributed by atoms with E-state index < -0.39 is 11.3 Å². The average molecular weight is 455 g/mol. The fraction of sp³-hybridized carbons (Fsp3) is 0.192. The van der Waals surface area contributed by atoms with Crippen molar-refractivity contribution in [1.82, 2.24) is 0 Å². The van der Waals surface area contributed by atoms with E-state index in [0.717, 1.165) is 0 Å². The van der Waals surface area contributed by atoms with Crippen LogP contribution in [0.4, 0.5) is 11.4 Å². The Balaban J connectivity index is 1.91. The molecular formula is C26H19ClN4O2. The van der Waals surface area contributed by atoms with Crippen LogP contribution in [0.5, 0.6) is 0 Å². The van der Waals surface area contributed by atoms with Crippen LogP contribution in [-0.2, 0) is 15.0 Å². The lowest BCUT2D eigenvalue weighted by Gasteiger charge is -2.44. The normalized spacial score (nSPS) is 21.8. The Kier molecular flexibility index (Phi) is 4.78. The first-order valence-corrected chi connectivity index (χ1v) is 10.9. The van der Waals surface area contributed by atoms with Crippen molar-refractivity contribution in [3.8, 4) is 18.4 Å². The molecule has 2 aliphatic heterocycles. The van der Waals surface area contributed by atoms with Gasteiger partial charge in [0.15, 0.2) is 5.78 Å². The lowest BCUT2D eigenvalue weighted by atomic mass is 9.64. The van der Waals surface area contributed by atoms with Crippen molar-refractivity contribution >= 4 is 34.7 Å². The number of hydrogen-bond acceptors (Lipinski definition) is 5. The van der Waals surface area contributed by atoms with Crippen molar-refractivity contribution in [3.05, 3.63) is 81.8 Å². The summed E-state index contributed by atoms with van der Waals surface area (Å²) in [6.07, 6.45) is 6.96. The molecule has 0 saturated carbocycles. The van der Waals surface area contributed by atoms with E-state index in [0.29, 0.717) is 40.5 Å². The number of Topliss-reactive ketones (excluding diaryl/α,β-unsaturated/α-hetero) is 1. The molecule has 6 nitrogen and oxygen atoms in total. The number of nitrogens with two attached hydrogens (primary N) is 1. The lowest BCUT2D eigenvalue weighted by Crippen LogP contribution is -2.52. The van der Waals surface area contributed by atoms with E-state index in [1.807, 2.05) is 0 Å². The third-order valence-corrected chi connectivity index (χ3v) is 6.84. The summed E-state index contributed by atoms with van der Waals surface area (Å²) in [5.41, 5.74) is 7.60. The van der Waals surface area contributed by atoms with Gasteiger partial charge in [0.2, 0.25) is 5.91 Å². The van der Waals surface area contributed by atoms with Gasteiger partial charge in [-0.2, -0.15) is 5.26 Å². The summed E-state index contributed by atoms with van der Waals surface area (Å²) < 4.78 is 0. The summed E-state index contributed by atoms with van der Waals surface area (Å²) in [6.45, 7) is 0.0151. The number of carbonyl (C=O) groups excluding carboxylic acids is 2. The van der Waals surface area contributed by atoms with E-state index in [9.17, 15) is 14.9 Å². The van der Waals surface area contributed by atoms with Crippen molar-refractivity contribution < 1.29 is 9.59 Å². The Morgan fingerprint density at radius 3 is 2.48 bits per heavy atom. The van der Waals surface area contributed by atoms with Crippen LogP contribution in [0.3, 0.4) is 0 Å². The molecule has 1 aliphatic carbocycles. The van der Waals surface area contributed by atoms with E-state index in [1.54, 1.807) is 53.4 Å². The molecule has 33 heavy (non-hydrogen) atoms. The number of para-hydroxylation sites is 2. The number of nitrogens with zero attached hydrogens (tertiary/aromatic N) is 3. The first-order chi connectivity index (χ1) is 16.0. The molecule has 7 heteroatoms. The number of allylic oxidation sites excluding steroid dienone is 1. The van der Waals surface area contributed by atoms with Crippen molar-refractivity contribution in [1.29, 1.82) is 5.26 Å². The fourth-order valence-corrected chi connectivity index (χ4v) is 5.51. The van der Waals surface area contributed by atoms with Crippen molar-refractivity contribution in [2.75, 3.05) is 16.3 Å². The molecule has 0 fully saturated rings. The highest BCUT2D eigenvalue weighted by molar-refractivity contribution is 6.33. The predicted octanol–water partition coefficient (Wildman–Crippen LogP) is 3.78. The second-order valence-corrected chi connectivity index (χ2v) is 8.53. The smallest absolute Gasteiger partial charge is 0.248 e. The Labute approximate surface area is 196 Å². The van der Waals surface area contributed by atoms with Gasteiger partial charge in [0, 0.05) is 28.9 Å². The van der Waals surface area contributed by atoms with E-state index in [2.05, 4.69) is 12.0 Å². The van der Waals surface area contributed by atoms with Crippen LogP contribution in [0.25, 0.3) is 0 Å². The van der Waals surface area contributed by atoms with E-state index in [4.69, 9.17) is 23.8 Å². The zero-order chi connectivity index (χ0) is 23.3. The zero-order valence-corrected chi connectivity index (χ0v) is 18.4. The molecule has 2 aromatic carbocycles. The molecule has 0 aromatic heterocycles. The maximum absolute atomic E-state index is 14.1. The average Bonchev–Trinajstić information content (AvgIpc) is 3.05. The molecule has 1 spiro atoms. The van der Waals surface area contributed by atoms with Crippen LogP contribution in [0.15, 0.2) is 71.2 Å². The van der Waals surface area contributed by atoms with Crippen LogP contribution in [-0.4, -0.2) is 18.2 Å². The Morgan fingerprint density at radius 1 is 1.09 bits per heavy atom. The topological polar surface area (TPSA) is 90.4 Å². The largest absolute Gasteiger partial charge is 0.384 e. The van der Waals surface area contributed by atoms with Crippen molar-refractivity contribution in [2.24, 2.45) is 5.73 Å². The van der Waals surface area contributed by atoms with Crippen LogP contribution in [0.1, 0.15) is 24.8 Å². The van der Waals surface area contributed by atoms with Gasteiger partial charge in [-0.15, -0.1) is 6.42 Å². The van der Waals surface area contributed by atoms with E-state index >= 15 is 0 Å². The van der Waals surface area contributed by atoms with Gasteiger partial charge in [0.05, 0.1) is 22.8 Å². The highest BCUT2D eigenvalue weighted by atomic mass is 35.5. The number of nitriles is 1. The monoisotopic (exact) mass is 454 g/mol. The molecule has 5 rings (SSSR count). The standard InChI is InChI=1S/C26H19ClN4O2/c1-2-14-30-19-10-5-3-8-16(19)26(25(30)33)17(15-28)24(29)31(20-11-6-4-9-18(20)27)21-12-7-13-22(32)23(21)26/h1,3-6,8-11H,7,12-14,29H2. The maximum atomic E-state index is 14.1. The molecule has 0 radical (unpaired) electrons. The van der Waals surface area contributed by atoms with Gasteiger partial charge >= 0.3 is 0 Å². The predicted molar refractivity (Wildman–Crippen MR) is 126 cm³/mol. The van der Waals surface area contributed by atoms with Gasteiger partial charge in [-0.3, -0.25) is 19.4 Å². The molecule has 0 saturated heterocycles. The summed E-state index contributed by atoms with van der Waals surface area (Å²) in [7, 11) is 0. The third-order valence-electron chi connectivity index (χ3n) is 6.52. The maximum Gasteiger partial charge on any atom is 0.248 e. The molecular weight excluding hydrogens is 436 g/mol. The molecule has 2 aromatic rings. The van der Waals surface area contributed by atoms with Crippen molar-refractivity contribution in [2.45, 2.75) is 24.7 Å². The first-order valence-electron chi connectivity index (χ1n) is 10.5. The Morgan fingerprint density at radius 2 is 1.79 bits per heavy atom. The number of amides is 1. The minimum absolute atomic E-state index is 0.00777. The number of carbonyl (C=O) groups is 2. The summed E-state index contributed by atoms with van der Waals surface area (Å²) in [5, 5.41) is 10.8. The number of anilines is 2. The number of halogens is 1. The van der Waals surface area contributed by atoms with Crippen LogP contribution in [0.2, 0.25) is 5.02 Å². The number of benzene rings is 2. The summed E-state index contributed by atoms with van der Waals surface area (Å²) >= 11 is 6.50. The number of fused-ring (bicyclic) bond motifs is 3. The fourth-order valence-electron chi connectivity index (χ4n) is 5.28. The molecule has 1 atom stereocenters. The van der Waals surface area contributed by atoms with E-state index in [-0.39, 0.29) is 35.7 Å². The van der Waals surface area contributed by atoms with Gasteiger partial charge in [-0.1, -0.05) is 47.9 Å². The molecule has 0 bridgehead atoms. The number of terminal acetylenes is 1. The van der Waals surface area contributed by atoms with Gasteiger partial charge in [0.25, 0.3) is 0 Å². The van der Waals surface area contributed by atoms with Gasteiger partial charge < -0.3 is 5.73 Å². The molecule has 162 valence electrons. The quantitative estimate of drug-likeness (QED) is 0.697. The number of hydrogen-bond donors (Lipinski definition) is 1. The highest BCUT2D eigenvalue weighted by Crippen LogP contribution is 2.57. The van der Waals surface area contributed by atoms with E-state index in [1.165, 1.54) is 4.90 Å². The molecule has 2 N–H and O–H groups in total. The molecule has 2 heterocycles. The van der Waals surface area contributed by atoms with Crippen LogP contribution in [0, 0.1) is 23.7 Å². The minimum atomic E-state index is -1.63. The van der Waals surface area contributed by atoms with Gasteiger partial charge in [-0.05, 0) is 31.0 Å². The highest BCUT2D eigenvalue weighted by Gasteiger charge is 2.62.